The van der Waals surface area contributed by atoms with Gasteiger partial charge in [0.2, 0.25) is 0 Å². The first-order chi connectivity index (χ1) is 9.44. The number of primary amides is 1. The van der Waals surface area contributed by atoms with Gasteiger partial charge in [0.05, 0.1) is 6.61 Å². The summed E-state index contributed by atoms with van der Waals surface area (Å²) >= 11 is 0. The van der Waals surface area contributed by atoms with Crippen molar-refractivity contribution in [1.29, 1.82) is 0 Å². The molecule has 10 heteroatoms. The second kappa shape index (κ2) is 7.01. The van der Waals surface area contributed by atoms with Crippen molar-refractivity contribution in [2.75, 3.05) is 6.61 Å². The molecule has 0 aliphatic carbocycles. The first-order valence-electron chi connectivity index (χ1n) is 5.75. The highest BCUT2D eigenvalue weighted by molar-refractivity contribution is 5.65. The van der Waals surface area contributed by atoms with Crippen molar-refractivity contribution >= 4 is 6.09 Å². The number of aliphatic hydroxyl groups is 1. The van der Waals surface area contributed by atoms with E-state index in [9.17, 15) is 31.1 Å². The maximum Gasteiger partial charge on any atom is 0.406 e. The van der Waals surface area contributed by atoms with E-state index >= 15 is 0 Å². The Hall–Kier alpha value is -1.45. The number of nitrogens with two attached hydrogens (primary N) is 1. The van der Waals surface area contributed by atoms with Crippen molar-refractivity contribution in [1.82, 2.24) is 0 Å². The fraction of sp³-hybridized carbons (Fsp3) is 0.727. The molecule has 0 aromatic carbocycles. The van der Waals surface area contributed by atoms with Gasteiger partial charge in [-0.05, 0) is 19.3 Å². The smallest absolute Gasteiger partial charge is 0.406 e. The molecule has 0 saturated carbocycles. The summed E-state index contributed by atoms with van der Waals surface area (Å²) in [6.45, 7) is 1.53. The molecule has 4 nitrogen and oxygen atoms in total. The van der Waals surface area contributed by atoms with Gasteiger partial charge in [-0.15, -0.1) is 6.58 Å². The molecule has 0 aromatic rings. The van der Waals surface area contributed by atoms with Crippen molar-refractivity contribution in [3.05, 3.63) is 12.7 Å². The Morgan fingerprint density at radius 3 is 2.00 bits per heavy atom. The van der Waals surface area contributed by atoms with Gasteiger partial charge in [0.1, 0.15) is 6.10 Å². The van der Waals surface area contributed by atoms with E-state index in [-0.39, 0.29) is 6.42 Å². The van der Waals surface area contributed by atoms with Crippen LogP contribution in [0.5, 0.6) is 0 Å². The number of carbonyl (C=O) groups excluding carboxylic acids is 1. The number of carbonyl (C=O) groups is 1. The lowest BCUT2D eigenvalue weighted by Crippen LogP contribution is -2.60. The number of alkyl halides is 6. The van der Waals surface area contributed by atoms with Crippen LogP contribution >= 0.6 is 0 Å². The Labute approximate surface area is 116 Å². The highest BCUT2D eigenvalue weighted by Crippen LogP contribution is 2.56. The second-order valence-corrected chi connectivity index (χ2v) is 4.26. The topological polar surface area (TPSA) is 72.6 Å². The third-order valence-electron chi connectivity index (χ3n) is 2.96. The quantitative estimate of drug-likeness (QED) is 0.430. The van der Waals surface area contributed by atoms with E-state index in [0.29, 0.717) is 0 Å². The summed E-state index contributed by atoms with van der Waals surface area (Å²) in [5.41, 5.74) is 0.0878. The second-order valence-electron chi connectivity index (χ2n) is 4.26. The fourth-order valence-electron chi connectivity index (χ4n) is 1.93. The Balaban J connectivity index is 5.87. The van der Waals surface area contributed by atoms with Gasteiger partial charge in [-0.25, -0.2) is 4.79 Å². The predicted molar refractivity (Wildman–Crippen MR) is 60.1 cm³/mol. The molecule has 0 bridgehead atoms. The van der Waals surface area contributed by atoms with Gasteiger partial charge >= 0.3 is 18.4 Å². The van der Waals surface area contributed by atoms with Crippen LogP contribution in [0.15, 0.2) is 12.7 Å². The summed E-state index contributed by atoms with van der Waals surface area (Å²) in [5.74, 6) is 0. The molecule has 0 radical (unpaired) electrons. The standard InChI is InChI=1S/C11H15F6NO3/c1-2-3-4-5-9(10(12,13)14,11(15,16)17)7(6-19)21-8(18)20/h2,7,19H,1,3-6H2,(H2,18,20). The lowest BCUT2D eigenvalue weighted by Gasteiger charge is -2.41. The molecule has 0 heterocycles. The Kier molecular flexibility index (Phi) is 6.53. The van der Waals surface area contributed by atoms with E-state index in [1.165, 1.54) is 0 Å². The van der Waals surface area contributed by atoms with Crippen LogP contribution in [0.2, 0.25) is 0 Å². The number of amides is 1. The van der Waals surface area contributed by atoms with E-state index in [1.807, 2.05) is 0 Å². The maximum atomic E-state index is 13.1. The number of hydrogen-bond donors (Lipinski definition) is 2. The Morgan fingerprint density at radius 1 is 1.24 bits per heavy atom. The predicted octanol–water partition coefficient (Wildman–Crippen LogP) is 2.91. The third kappa shape index (κ3) is 4.26. The lowest BCUT2D eigenvalue weighted by atomic mass is 9.75. The van der Waals surface area contributed by atoms with Crippen LogP contribution in [0.4, 0.5) is 31.1 Å². The van der Waals surface area contributed by atoms with Crippen molar-refractivity contribution in [3.63, 3.8) is 0 Å². The summed E-state index contributed by atoms with van der Waals surface area (Å²) in [5, 5.41) is 8.84. The molecule has 0 spiro atoms. The Morgan fingerprint density at radius 2 is 1.71 bits per heavy atom. The Bertz CT molecular complexity index is 352. The SMILES string of the molecule is C=CCCCC(C(CO)OC(N)=O)(C(F)(F)F)C(F)(F)F. The van der Waals surface area contributed by atoms with Crippen molar-refractivity contribution in [3.8, 4) is 0 Å². The average molecular weight is 323 g/mol. The van der Waals surface area contributed by atoms with Crippen LogP contribution in [0, 0.1) is 5.41 Å². The molecule has 0 aromatic heterocycles. The van der Waals surface area contributed by atoms with Crippen LogP contribution < -0.4 is 5.73 Å². The molecule has 21 heavy (non-hydrogen) atoms. The van der Waals surface area contributed by atoms with Crippen LogP contribution in [-0.4, -0.2) is 36.3 Å². The zero-order chi connectivity index (χ0) is 16.9. The molecule has 1 unspecified atom stereocenters. The van der Waals surface area contributed by atoms with Gasteiger partial charge in [0, 0.05) is 0 Å². The van der Waals surface area contributed by atoms with Gasteiger partial charge in [-0.1, -0.05) is 6.08 Å². The normalized spacial score (nSPS) is 14.6. The number of ether oxygens (including phenoxy) is 1. The van der Waals surface area contributed by atoms with E-state index in [2.05, 4.69) is 17.0 Å². The summed E-state index contributed by atoms with van der Waals surface area (Å²) in [7, 11) is 0. The van der Waals surface area contributed by atoms with Gasteiger partial charge in [-0.2, -0.15) is 26.3 Å². The number of hydrogen-bond acceptors (Lipinski definition) is 3. The van der Waals surface area contributed by atoms with E-state index in [1.54, 1.807) is 0 Å². The molecule has 0 aliphatic rings. The van der Waals surface area contributed by atoms with Crippen LogP contribution in [0.25, 0.3) is 0 Å². The summed E-state index contributed by atoms with van der Waals surface area (Å²) < 4.78 is 82.5. The largest absolute Gasteiger partial charge is 0.443 e. The van der Waals surface area contributed by atoms with Crippen molar-refractivity contribution < 1.29 is 41.0 Å². The van der Waals surface area contributed by atoms with E-state index in [0.717, 1.165) is 6.08 Å². The maximum absolute atomic E-state index is 13.1. The van der Waals surface area contributed by atoms with Gasteiger partial charge in [0.25, 0.3) is 0 Å². The van der Waals surface area contributed by atoms with Gasteiger partial charge < -0.3 is 15.6 Å². The molecular formula is C11H15F6NO3. The molecule has 0 fully saturated rings. The van der Waals surface area contributed by atoms with Crippen molar-refractivity contribution in [2.45, 2.75) is 37.7 Å². The molecule has 3 N–H and O–H groups in total. The molecule has 1 amide bonds. The zero-order valence-electron chi connectivity index (χ0n) is 10.8. The molecule has 1 atom stereocenters. The fourth-order valence-corrected chi connectivity index (χ4v) is 1.93. The molecule has 0 saturated heterocycles. The van der Waals surface area contributed by atoms with E-state index in [4.69, 9.17) is 5.11 Å². The number of unbranched alkanes of at least 4 members (excludes halogenated alkanes) is 1. The average Bonchev–Trinajstić information content (AvgIpc) is 2.28. The van der Waals surface area contributed by atoms with Crippen LogP contribution in [-0.2, 0) is 4.74 Å². The minimum Gasteiger partial charge on any atom is -0.443 e. The minimum atomic E-state index is -5.80. The van der Waals surface area contributed by atoms with Gasteiger partial charge in [0.15, 0.2) is 5.41 Å². The van der Waals surface area contributed by atoms with Crippen molar-refractivity contribution in [2.24, 2.45) is 11.1 Å². The molecule has 0 aliphatic heterocycles. The number of aliphatic hydroxyl groups excluding tert-OH is 1. The molecular weight excluding hydrogens is 308 g/mol. The first-order valence-corrected chi connectivity index (χ1v) is 5.75. The monoisotopic (exact) mass is 323 g/mol. The summed E-state index contributed by atoms with van der Waals surface area (Å²) in [6, 6.07) is 0. The van der Waals surface area contributed by atoms with Crippen LogP contribution in [0.1, 0.15) is 19.3 Å². The van der Waals surface area contributed by atoms with Crippen LogP contribution in [0.3, 0.4) is 0 Å². The minimum absolute atomic E-state index is 0.109. The molecule has 0 rings (SSSR count). The highest BCUT2D eigenvalue weighted by Gasteiger charge is 2.74. The van der Waals surface area contributed by atoms with Gasteiger partial charge in [-0.3, -0.25) is 0 Å². The number of halogens is 6. The number of allylic oxidation sites excluding steroid dienone is 1. The molecule has 124 valence electrons. The number of rotatable bonds is 7. The lowest BCUT2D eigenvalue weighted by molar-refractivity contribution is -0.369. The summed E-state index contributed by atoms with van der Waals surface area (Å²) in [4.78, 5) is 10.5. The summed E-state index contributed by atoms with van der Waals surface area (Å²) in [6.07, 6.45) is -17.2. The first kappa shape index (κ1) is 19.6. The third-order valence-corrected chi connectivity index (χ3v) is 2.96. The highest BCUT2D eigenvalue weighted by atomic mass is 19.4. The zero-order valence-corrected chi connectivity index (χ0v) is 10.8. The van der Waals surface area contributed by atoms with E-state index < -0.39 is 49.4 Å².